The van der Waals surface area contributed by atoms with E-state index in [4.69, 9.17) is 9.26 Å². The maximum atomic E-state index is 12.1. The minimum atomic E-state index is -0.382. The average molecular weight is 342 g/mol. The van der Waals surface area contributed by atoms with E-state index in [-0.39, 0.29) is 18.1 Å². The molecule has 0 spiro atoms. The molecule has 1 saturated heterocycles. The lowest BCUT2D eigenvalue weighted by Gasteiger charge is -2.15. The molecule has 4 rings (SSSR count). The quantitative estimate of drug-likeness (QED) is 0.860. The number of carbonyl (C=O) groups is 1. The van der Waals surface area contributed by atoms with Gasteiger partial charge in [-0.1, -0.05) is 35.5 Å². The predicted molar refractivity (Wildman–Crippen MR) is 90.8 cm³/mol. The second-order valence-electron chi connectivity index (χ2n) is 7.10. The van der Waals surface area contributed by atoms with Crippen LogP contribution in [0.25, 0.3) is 0 Å². The van der Waals surface area contributed by atoms with Crippen molar-refractivity contribution >= 4 is 6.09 Å². The number of amides is 1. The fraction of sp³-hybridized carbons (Fsp3) is 0.474. The van der Waals surface area contributed by atoms with Crippen LogP contribution in [0.3, 0.4) is 0 Å². The molecule has 3 atom stereocenters. The van der Waals surface area contributed by atoms with Crippen molar-refractivity contribution in [1.82, 2.24) is 10.5 Å². The number of benzene rings is 1. The number of hydrogen-bond donors (Lipinski definition) is 2. The van der Waals surface area contributed by atoms with Gasteiger partial charge in [-0.15, -0.1) is 0 Å². The number of carbonyl (C=O) groups excluding carboxylic acids is 1. The van der Waals surface area contributed by atoms with Crippen LogP contribution < -0.4 is 10.6 Å². The van der Waals surface area contributed by atoms with Gasteiger partial charge in [-0.3, -0.25) is 0 Å². The van der Waals surface area contributed by atoms with E-state index in [2.05, 4.69) is 15.8 Å². The molecule has 2 aliphatic rings. The lowest BCUT2D eigenvalue weighted by molar-refractivity contribution is -0.664. The third-order valence-electron chi connectivity index (χ3n) is 5.63. The summed E-state index contributed by atoms with van der Waals surface area (Å²) in [7, 11) is 0. The number of nitrogens with zero attached hydrogens (tertiary/aromatic N) is 1. The van der Waals surface area contributed by atoms with Crippen molar-refractivity contribution in [1.29, 1.82) is 0 Å². The van der Waals surface area contributed by atoms with Crippen LogP contribution in [0.15, 0.2) is 40.9 Å². The number of fused-ring (bicyclic) bond motifs is 1. The first-order valence-corrected chi connectivity index (χ1v) is 8.90. The Hall–Kier alpha value is -2.34. The number of nitrogens with two attached hydrogens (primary N) is 1. The van der Waals surface area contributed by atoms with Crippen LogP contribution >= 0.6 is 0 Å². The zero-order valence-corrected chi connectivity index (χ0v) is 14.4. The number of rotatable bonds is 5. The first kappa shape index (κ1) is 16.1. The molecule has 2 aromatic rings. The van der Waals surface area contributed by atoms with Crippen LogP contribution in [0.5, 0.6) is 0 Å². The fourth-order valence-corrected chi connectivity index (χ4v) is 4.32. The Balaban J connectivity index is 1.39. The average Bonchev–Trinajstić information content (AvgIpc) is 3.10. The Labute approximate surface area is 146 Å². The first-order valence-electron chi connectivity index (χ1n) is 8.90. The third kappa shape index (κ3) is 3.02. The molecule has 6 nitrogen and oxygen atoms in total. The van der Waals surface area contributed by atoms with E-state index in [0.717, 1.165) is 36.5 Å². The van der Waals surface area contributed by atoms with Gasteiger partial charge in [-0.25, -0.2) is 4.79 Å². The number of ether oxygens (including phenoxy) is 1. The molecule has 1 aliphatic carbocycles. The maximum absolute atomic E-state index is 12.1. The number of piperidine rings is 1. The van der Waals surface area contributed by atoms with Gasteiger partial charge in [0.1, 0.15) is 12.4 Å². The normalized spacial score (nSPS) is 27.4. The molecule has 1 saturated carbocycles. The van der Waals surface area contributed by atoms with E-state index in [9.17, 15) is 4.79 Å². The minimum Gasteiger partial charge on any atom is -0.445 e. The highest BCUT2D eigenvalue weighted by Gasteiger charge is 2.69. The van der Waals surface area contributed by atoms with Crippen LogP contribution in [0, 0.1) is 18.8 Å². The Kier molecular flexibility index (Phi) is 4.21. The Morgan fingerprint density at radius 3 is 2.92 bits per heavy atom. The van der Waals surface area contributed by atoms with Gasteiger partial charge in [0.25, 0.3) is 0 Å². The van der Waals surface area contributed by atoms with Crippen LogP contribution in [0.2, 0.25) is 0 Å². The standard InChI is InChI=1S/C19H23N3O3/c1-13-9-17(25-22-13)19(15-7-8-20-10-16(15)19)12-21-18(23)24-11-14-5-3-2-4-6-14/h2-6,9,15-16,20H,7-8,10-12H2,1H3,(H,21,23)/p+1. The third-order valence-corrected chi connectivity index (χ3v) is 5.63. The van der Waals surface area contributed by atoms with Gasteiger partial charge in [0.2, 0.25) is 0 Å². The summed E-state index contributed by atoms with van der Waals surface area (Å²) >= 11 is 0. The van der Waals surface area contributed by atoms with Gasteiger partial charge in [0.15, 0.2) is 0 Å². The molecule has 2 fully saturated rings. The molecule has 3 N–H and O–H groups in total. The van der Waals surface area contributed by atoms with Crippen molar-refractivity contribution < 1.29 is 19.4 Å². The molecule has 132 valence electrons. The second-order valence-corrected chi connectivity index (χ2v) is 7.10. The Morgan fingerprint density at radius 1 is 1.40 bits per heavy atom. The van der Waals surface area contributed by atoms with Gasteiger partial charge >= 0.3 is 6.09 Å². The van der Waals surface area contributed by atoms with E-state index in [1.54, 1.807) is 0 Å². The summed E-state index contributed by atoms with van der Waals surface area (Å²) in [5, 5.41) is 9.36. The van der Waals surface area contributed by atoms with E-state index >= 15 is 0 Å². The summed E-state index contributed by atoms with van der Waals surface area (Å²) in [5.74, 6) is 1.99. The zero-order chi connectivity index (χ0) is 17.3. The molecule has 25 heavy (non-hydrogen) atoms. The molecule has 3 unspecified atom stereocenters. The lowest BCUT2D eigenvalue weighted by Crippen LogP contribution is -2.86. The van der Waals surface area contributed by atoms with Gasteiger partial charge in [0.05, 0.1) is 24.2 Å². The summed E-state index contributed by atoms with van der Waals surface area (Å²) in [6.07, 6.45) is 0.762. The van der Waals surface area contributed by atoms with Crippen molar-refractivity contribution in [3.8, 4) is 0 Å². The Bertz CT molecular complexity index is 731. The van der Waals surface area contributed by atoms with Gasteiger partial charge in [-0.05, 0) is 18.4 Å². The van der Waals surface area contributed by atoms with Crippen LogP contribution in [-0.4, -0.2) is 30.9 Å². The summed E-state index contributed by atoms with van der Waals surface area (Å²) in [6.45, 7) is 4.96. The number of aromatic nitrogens is 1. The van der Waals surface area contributed by atoms with E-state index in [1.807, 2.05) is 43.3 Å². The largest absolute Gasteiger partial charge is 0.445 e. The number of nitrogens with one attached hydrogen (secondary N) is 1. The highest BCUT2D eigenvalue weighted by molar-refractivity contribution is 5.67. The van der Waals surface area contributed by atoms with Crippen LogP contribution in [0.1, 0.15) is 23.4 Å². The van der Waals surface area contributed by atoms with E-state index in [0.29, 0.717) is 18.4 Å². The van der Waals surface area contributed by atoms with Gasteiger partial charge in [0, 0.05) is 24.9 Å². The molecule has 1 aromatic carbocycles. The van der Waals surface area contributed by atoms with Crippen molar-refractivity contribution in [2.45, 2.75) is 25.4 Å². The molecule has 1 aromatic heterocycles. The molecule has 0 bridgehead atoms. The van der Waals surface area contributed by atoms with Crippen LogP contribution in [0.4, 0.5) is 4.79 Å². The molecular weight excluding hydrogens is 318 g/mol. The predicted octanol–water partition coefficient (Wildman–Crippen LogP) is 1.36. The number of aryl methyl sites for hydroxylation is 1. The van der Waals surface area contributed by atoms with Gasteiger partial charge < -0.3 is 19.9 Å². The van der Waals surface area contributed by atoms with E-state index in [1.165, 1.54) is 0 Å². The SMILES string of the molecule is Cc1cc(C2(CNC(=O)OCc3ccccc3)C3CC[NH2+]CC32)on1. The van der Waals surface area contributed by atoms with Gasteiger partial charge in [-0.2, -0.15) is 0 Å². The Morgan fingerprint density at radius 2 is 2.24 bits per heavy atom. The lowest BCUT2D eigenvalue weighted by atomic mass is 9.97. The smallest absolute Gasteiger partial charge is 0.407 e. The maximum Gasteiger partial charge on any atom is 0.407 e. The van der Waals surface area contributed by atoms with E-state index < -0.39 is 0 Å². The van der Waals surface area contributed by atoms with Crippen LogP contribution in [-0.2, 0) is 16.8 Å². The summed E-state index contributed by atoms with van der Waals surface area (Å²) in [4.78, 5) is 12.1. The first-order chi connectivity index (χ1) is 12.2. The monoisotopic (exact) mass is 342 g/mol. The molecule has 1 aliphatic heterocycles. The summed E-state index contributed by atoms with van der Waals surface area (Å²) < 4.78 is 10.9. The molecular formula is C19H24N3O3+. The zero-order valence-electron chi connectivity index (χ0n) is 14.4. The highest BCUT2D eigenvalue weighted by Crippen LogP contribution is 2.61. The highest BCUT2D eigenvalue weighted by atomic mass is 16.5. The number of hydrogen-bond acceptors (Lipinski definition) is 4. The topological polar surface area (TPSA) is 81.0 Å². The number of quaternary nitrogens is 1. The number of alkyl carbamates (subject to hydrolysis) is 1. The van der Waals surface area contributed by atoms with Crippen molar-refractivity contribution in [2.24, 2.45) is 11.8 Å². The van der Waals surface area contributed by atoms with Crippen molar-refractivity contribution in [2.75, 3.05) is 19.6 Å². The summed E-state index contributed by atoms with van der Waals surface area (Å²) in [5.41, 5.74) is 1.74. The summed E-state index contributed by atoms with van der Waals surface area (Å²) in [6, 6.07) is 11.7. The molecule has 6 heteroatoms. The van der Waals surface area contributed by atoms with Crippen molar-refractivity contribution in [3.05, 3.63) is 53.4 Å². The fourth-order valence-electron chi connectivity index (χ4n) is 4.32. The molecule has 2 heterocycles. The second kappa shape index (κ2) is 6.52. The van der Waals surface area contributed by atoms with Crippen molar-refractivity contribution in [3.63, 3.8) is 0 Å². The molecule has 1 amide bonds. The minimum absolute atomic E-state index is 0.125. The molecule has 0 radical (unpaired) electrons.